The van der Waals surface area contributed by atoms with Crippen LogP contribution in [0.5, 0.6) is 5.75 Å². The van der Waals surface area contributed by atoms with E-state index in [1.807, 2.05) is 45.9 Å². The van der Waals surface area contributed by atoms with E-state index in [0.29, 0.717) is 11.3 Å². The summed E-state index contributed by atoms with van der Waals surface area (Å²) in [4.78, 5) is 25.4. The van der Waals surface area contributed by atoms with Crippen LogP contribution in [0.2, 0.25) is 0 Å². The molecule has 2 amide bonds. The second-order valence-corrected chi connectivity index (χ2v) is 6.76. The first kappa shape index (κ1) is 19.5. The summed E-state index contributed by atoms with van der Waals surface area (Å²) in [5, 5.41) is 5.73. The number of carbonyl (C=O) groups excluding carboxylic acids is 2. The third-order valence-electron chi connectivity index (χ3n) is 4.08. The number of hydrogen-bond acceptors (Lipinski definition) is 3. The van der Waals surface area contributed by atoms with Crippen molar-refractivity contribution in [3.63, 3.8) is 0 Å². The Balaban J connectivity index is 2.17. The lowest BCUT2D eigenvalue weighted by molar-refractivity contribution is -0.118. The Hall–Kier alpha value is -2.82. The van der Waals surface area contributed by atoms with Crippen molar-refractivity contribution < 1.29 is 14.3 Å². The van der Waals surface area contributed by atoms with Gasteiger partial charge < -0.3 is 15.4 Å². The van der Waals surface area contributed by atoms with Crippen molar-refractivity contribution in [1.29, 1.82) is 0 Å². The molecule has 0 fully saturated rings. The lowest BCUT2D eigenvalue weighted by Gasteiger charge is -2.22. The zero-order valence-corrected chi connectivity index (χ0v) is 15.9. The van der Waals surface area contributed by atoms with Gasteiger partial charge in [-0.3, -0.25) is 9.59 Å². The number of aryl methyl sites for hydroxylation is 2. The third kappa shape index (κ3) is 4.85. The first-order valence-electron chi connectivity index (χ1n) is 8.65. The van der Waals surface area contributed by atoms with Gasteiger partial charge in [0.15, 0.2) is 0 Å². The third-order valence-corrected chi connectivity index (χ3v) is 4.08. The molecule has 1 unspecified atom stereocenters. The van der Waals surface area contributed by atoms with Gasteiger partial charge in [-0.2, -0.15) is 0 Å². The molecule has 2 N–H and O–H groups in total. The van der Waals surface area contributed by atoms with Gasteiger partial charge in [0.2, 0.25) is 5.91 Å². The maximum Gasteiger partial charge on any atom is 0.255 e. The minimum absolute atomic E-state index is 0.0698. The standard InChI is InChI=1S/C21H26N2O3/c1-13(2)19(21(25)22-16-11-14(3)10-15(4)12-16)23-20(24)17-8-6-7-9-18(17)26-5/h6-13,19H,1-5H3,(H,22,25)(H,23,24). The number of carbonyl (C=O) groups is 2. The smallest absolute Gasteiger partial charge is 0.255 e. The fourth-order valence-corrected chi connectivity index (χ4v) is 2.85. The number of benzene rings is 2. The van der Waals surface area contributed by atoms with E-state index < -0.39 is 6.04 Å². The Morgan fingerprint density at radius 1 is 1.00 bits per heavy atom. The fraction of sp³-hybridized carbons (Fsp3) is 0.333. The van der Waals surface area contributed by atoms with Gasteiger partial charge in [-0.05, 0) is 55.2 Å². The predicted octanol–water partition coefficient (Wildman–Crippen LogP) is 3.71. The van der Waals surface area contributed by atoms with Gasteiger partial charge in [-0.1, -0.05) is 32.0 Å². The molecule has 5 nitrogen and oxygen atoms in total. The first-order chi connectivity index (χ1) is 12.3. The average Bonchev–Trinajstić information content (AvgIpc) is 2.58. The number of methoxy groups -OCH3 is 1. The summed E-state index contributed by atoms with van der Waals surface area (Å²) in [6.45, 7) is 7.75. The zero-order chi connectivity index (χ0) is 19.3. The monoisotopic (exact) mass is 354 g/mol. The summed E-state index contributed by atoms with van der Waals surface area (Å²) in [5.41, 5.74) is 3.27. The van der Waals surface area contributed by atoms with E-state index in [1.165, 1.54) is 7.11 Å². The topological polar surface area (TPSA) is 67.4 Å². The first-order valence-corrected chi connectivity index (χ1v) is 8.65. The van der Waals surface area contributed by atoms with Crippen LogP contribution in [-0.4, -0.2) is 25.0 Å². The molecule has 26 heavy (non-hydrogen) atoms. The van der Waals surface area contributed by atoms with Crippen molar-refractivity contribution in [3.8, 4) is 5.75 Å². The highest BCUT2D eigenvalue weighted by Crippen LogP contribution is 2.19. The minimum Gasteiger partial charge on any atom is -0.496 e. The number of anilines is 1. The quantitative estimate of drug-likeness (QED) is 0.831. The molecule has 0 saturated heterocycles. The average molecular weight is 354 g/mol. The van der Waals surface area contributed by atoms with E-state index in [-0.39, 0.29) is 17.7 Å². The van der Waals surface area contributed by atoms with Crippen LogP contribution in [0.3, 0.4) is 0 Å². The molecule has 0 aliphatic carbocycles. The van der Waals surface area contributed by atoms with Crippen LogP contribution in [0.25, 0.3) is 0 Å². The van der Waals surface area contributed by atoms with Crippen molar-refractivity contribution in [1.82, 2.24) is 5.32 Å². The molecule has 2 rings (SSSR count). The molecule has 0 heterocycles. The number of nitrogens with one attached hydrogen (secondary N) is 2. The van der Waals surface area contributed by atoms with Crippen LogP contribution in [0.1, 0.15) is 35.3 Å². The molecule has 0 saturated carbocycles. The Morgan fingerprint density at radius 2 is 1.62 bits per heavy atom. The maximum atomic E-state index is 12.7. The van der Waals surface area contributed by atoms with E-state index >= 15 is 0 Å². The molecule has 0 bridgehead atoms. The number of amides is 2. The Bertz CT molecular complexity index is 779. The highest BCUT2D eigenvalue weighted by Gasteiger charge is 2.26. The Kier molecular flexibility index (Phi) is 6.39. The van der Waals surface area contributed by atoms with Gasteiger partial charge in [0, 0.05) is 5.69 Å². The van der Waals surface area contributed by atoms with E-state index in [2.05, 4.69) is 10.6 Å². The second kappa shape index (κ2) is 8.52. The number of ether oxygens (including phenoxy) is 1. The van der Waals surface area contributed by atoms with Crippen molar-refractivity contribution in [2.75, 3.05) is 12.4 Å². The van der Waals surface area contributed by atoms with Gasteiger partial charge in [-0.15, -0.1) is 0 Å². The normalized spacial score (nSPS) is 11.8. The summed E-state index contributed by atoms with van der Waals surface area (Å²) in [5.74, 6) is -0.174. The van der Waals surface area contributed by atoms with Gasteiger partial charge in [0.1, 0.15) is 11.8 Å². The highest BCUT2D eigenvalue weighted by atomic mass is 16.5. The van der Waals surface area contributed by atoms with Crippen molar-refractivity contribution in [2.45, 2.75) is 33.7 Å². The number of rotatable bonds is 6. The summed E-state index contributed by atoms with van der Waals surface area (Å²) in [6, 6.07) is 12.1. The summed E-state index contributed by atoms with van der Waals surface area (Å²) >= 11 is 0. The number of hydrogen-bond donors (Lipinski definition) is 2. The molecule has 2 aromatic carbocycles. The van der Waals surface area contributed by atoms with Gasteiger partial charge >= 0.3 is 0 Å². The van der Waals surface area contributed by atoms with E-state index in [0.717, 1.165) is 16.8 Å². The SMILES string of the molecule is COc1ccccc1C(=O)NC(C(=O)Nc1cc(C)cc(C)c1)C(C)C. The van der Waals surface area contributed by atoms with Crippen LogP contribution in [-0.2, 0) is 4.79 Å². The van der Waals surface area contributed by atoms with E-state index in [4.69, 9.17) is 4.74 Å². The van der Waals surface area contributed by atoms with Crippen LogP contribution in [0, 0.1) is 19.8 Å². The molecular weight excluding hydrogens is 328 g/mol. The summed E-state index contributed by atoms with van der Waals surface area (Å²) < 4.78 is 5.23. The molecule has 0 aliphatic heterocycles. The van der Waals surface area contributed by atoms with Crippen molar-refractivity contribution in [3.05, 3.63) is 59.2 Å². The van der Waals surface area contributed by atoms with Gasteiger partial charge in [0.25, 0.3) is 5.91 Å². The second-order valence-electron chi connectivity index (χ2n) is 6.76. The lowest BCUT2D eigenvalue weighted by Crippen LogP contribution is -2.47. The molecule has 0 aromatic heterocycles. The number of para-hydroxylation sites is 1. The predicted molar refractivity (Wildman–Crippen MR) is 104 cm³/mol. The van der Waals surface area contributed by atoms with E-state index in [1.54, 1.807) is 24.3 Å². The summed E-state index contributed by atoms with van der Waals surface area (Å²) in [6.07, 6.45) is 0. The molecule has 2 aromatic rings. The Morgan fingerprint density at radius 3 is 2.19 bits per heavy atom. The molecule has 5 heteroatoms. The molecule has 138 valence electrons. The van der Waals surface area contributed by atoms with E-state index in [9.17, 15) is 9.59 Å². The van der Waals surface area contributed by atoms with Gasteiger partial charge in [0.05, 0.1) is 12.7 Å². The van der Waals surface area contributed by atoms with Crippen molar-refractivity contribution in [2.24, 2.45) is 5.92 Å². The van der Waals surface area contributed by atoms with Gasteiger partial charge in [-0.25, -0.2) is 0 Å². The van der Waals surface area contributed by atoms with Crippen molar-refractivity contribution >= 4 is 17.5 Å². The highest BCUT2D eigenvalue weighted by molar-refractivity contribution is 6.02. The summed E-state index contributed by atoms with van der Waals surface area (Å²) in [7, 11) is 1.51. The van der Waals surface area contributed by atoms with Crippen LogP contribution >= 0.6 is 0 Å². The molecular formula is C21H26N2O3. The Labute approximate surface area is 154 Å². The zero-order valence-electron chi connectivity index (χ0n) is 15.9. The minimum atomic E-state index is -0.659. The fourth-order valence-electron chi connectivity index (χ4n) is 2.85. The molecule has 1 atom stereocenters. The largest absolute Gasteiger partial charge is 0.496 e. The lowest BCUT2D eigenvalue weighted by atomic mass is 10.0. The maximum absolute atomic E-state index is 12.7. The van der Waals surface area contributed by atoms with Crippen LogP contribution in [0.4, 0.5) is 5.69 Å². The van der Waals surface area contributed by atoms with Crippen LogP contribution < -0.4 is 15.4 Å². The van der Waals surface area contributed by atoms with Crippen LogP contribution in [0.15, 0.2) is 42.5 Å². The molecule has 0 aliphatic rings. The molecule has 0 spiro atoms. The molecule has 0 radical (unpaired) electrons.